The molecule has 3 rings (SSSR count). The van der Waals surface area contributed by atoms with E-state index < -0.39 is 0 Å². The van der Waals surface area contributed by atoms with E-state index in [2.05, 4.69) is 15.0 Å². The lowest BCUT2D eigenvalue weighted by Crippen LogP contribution is -2.07. The van der Waals surface area contributed by atoms with E-state index in [9.17, 15) is 4.79 Å². The third-order valence-corrected chi connectivity index (χ3v) is 4.01. The van der Waals surface area contributed by atoms with E-state index in [1.165, 1.54) is 22.7 Å². The normalized spacial score (nSPS) is 11.1. The van der Waals surface area contributed by atoms with Gasteiger partial charge in [-0.3, -0.25) is 4.79 Å². The standard InChI is InChI=1S/C10H7N3OS2/c1-5-4-16-10(11-5)8-12-6-2-3-15-7(6)9(14)13-8/h2-4H,1H3,(H,12,13,14). The number of aromatic nitrogens is 3. The van der Waals surface area contributed by atoms with Crippen molar-refractivity contribution in [2.45, 2.75) is 6.92 Å². The van der Waals surface area contributed by atoms with Gasteiger partial charge >= 0.3 is 0 Å². The molecule has 0 fully saturated rings. The largest absolute Gasteiger partial charge is 0.303 e. The highest BCUT2D eigenvalue weighted by molar-refractivity contribution is 7.17. The fourth-order valence-corrected chi connectivity index (χ4v) is 2.90. The molecular formula is C10H7N3OS2. The molecule has 80 valence electrons. The van der Waals surface area contributed by atoms with E-state index in [0.29, 0.717) is 10.5 Å². The second kappa shape index (κ2) is 3.50. The minimum absolute atomic E-state index is 0.0946. The first kappa shape index (κ1) is 9.68. The van der Waals surface area contributed by atoms with Gasteiger partial charge in [-0.2, -0.15) is 0 Å². The van der Waals surface area contributed by atoms with Crippen LogP contribution in [0.15, 0.2) is 21.6 Å². The summed E-state index contributed by atoms with van der Waals surface area (Å²) in [6.45, 7) is 1.92. The van der Waals surface area contributed by atoms with E-state index in [4.69, 9.17) is 0 Å². The molecule has 4 nitrogen and oxygen atoms in total. The Balaban J connectivity index is 2.28. The Morgan fingerprint density at radius 2 is 2.19 bits per heavy atom. The third kappa shape index (κ3) is 1.46. The summed E-state index contributed by atoms with van der Waals surface area (Å²) in [6.07, 6.45) is 0. The third-order valence-electron chi connectivity index (χ3n) is 2.14. The maximum atomic E-state index is 11.7. The number of aryl methyl sites for hydroxylation is 1. The smallest absolute Gasteiger partial charge is 0.269 e. The number of H-pyrrole nitrogens is 1. The molecule has 0 saturated heterocycles. The Bertz CT molecular complexity index is 710. The van der Waals surface area contributed by atoms with Gasteiger partial charge in [-0.15, -0.1) is 22.7 Å². The van der Waals surface area contributed by atoms with Crippen LogP contribution in [-0.4, -0.2) is 15.0 Å². The zero-order chi connectivity index (χ0) is 11.1. The summed E-state index contributed by atoms with van der Waals surface area (Å²) in [6, 6.07) is 1.85. The Morgan fingerprint density at radius 3 is 2.94 bits per heavy atom. The molecule has 3 aromatic heterocycles. The second-order valence-electron chi connectivity index (χ2n) is 3.34. The maximum Gasteiger partial charge on any atom is 0.269 e. The van der Waals surface area contributed by atoms with E-state index in [0.717, 1.165) is 16.2 Å². The molecule has 6 heteroatoms. The molecule has 0 aromatic carbocycles. The summed E-state index contributed by atoms with van der Waals surface area (Å²) < 4.78 is 0.664. The lowest BCUT2D eigenvalue weighted by molar-refractivity contribution is 1.15. The molecule has 0 aliphatic carbocycles. The monoisotopic (exact) mass is 249 g/mol. The fraction of sp³-hybridized carbons (Fsp3) is 0.100. The van der Waals surface area contributed by atoms with Gasteiger partial charge in [-0.25, -0.2) is 9.97 Å². The van der Waals surface area contributed by atoms with Gasteiger partial charge in [0.2, 0.25) is 0 Å². The Labute approximate surface area is 98.6 Å². The summed E-state index contributed by atoms with van der Waals surface area (Å²) in [5.41, 5.74) is 1.58. The average Bonchev–Trinajstić information content (AvgIpc) is 2.85. The van der Waals surface area contributed by atoms with Crippen LogP contribution in [0.1, 0.15) is 5.69 Å². The highest BCUT2D eigenvalue weighted by atomic mass is 32.1. The van der Waals surface area contributed by atoms with Gasteiger partial charge in [0.05, 0.1) is 5.52 Å². The molecule has 0 unspecified atom stereocenters. The van der Waals surface area contributed by atoms with Gasteiger partial charge < -0.3 is 4.98 Å². The lowest BCUT2D eigenvalue weighted by Gasteiger charge is -1.95. The molecule has 0 atom stereocenters. The molecule has 0 aliphatic rings. The maximum absolute atomic E-state index is 11.7. The summed E-state index contributed by atoms with van der Waals surface area (Å²) in [7, 11) is 0. The van der Waals surface area contributed by atoms with Crippen LogP contribution in [0.4, 0.5) is 0 Å². The van der Waals surface area contributed by atoms with Crippen molar-refractivity contribution in [1.29, 1.82) is 0 Å². The molecule has 0 radical (unpaired) electrons. The van der Waals surface area contributed by atoms with Crippen LogP contribution in [0, 0.1) is 6.92 Å². The van der Waals surface area contributed by atoms with E-state index in [-0.39, 0.29) is 5.56 Å². The van der Waals surface area contributed by atoms with Crippen molar-refractivity contribution >= 4 is 32.9 Å². The van der Waals surface area contributed by atoms with Gasteiger partial charge in [0.15, 0.2) is 10.8 Å². The topological polar surface area (TPSA) is 58.6 Å². The van der Waals surface area contributed by atoms with Crippen molar-refractivity contribution in [2.24, 2.45) is 0 Å². The molecule has 0 bridgehead atoms. The molecule has 1 N–H and O–H groups in total. The summed E-state index contributed by atoms with van der Waals surface area (Å²) in [5.74, 6) is 0.550. The van der Waals surface area contributed by atoms with Crippen LogP contribution < -0.4 is 5.56 Å². The Morgan fingerprint density at radius 1 is 1.31 bits per heavy atom. The number of rotatable bonds is 1. The van der Waals surface area contributed by atoms with Crippen molar-refractivity contribution in [3.63, 3.8) is 0 Å². The summed E-state index contributed by atoms with van der Waals surface area (Å²) in [4.78, 5) is 23.2. The SMILES string of the molecule is Cc1csc(-c2nc3ccsc3c(=O)[nH]2)n1. The molecule has 0 saturated carbocycles. The number of aromatic amines is 1. The van der Waals surface area contributed by atoms with Gasteiger partial charge in [-0.1, -0.05) is 0 Å². The quantitative estimate of drug-likeness (QED) is 0.720. The predicted octanol–water partition coefficient (Wildman–Crippen LogP) is 2.42. The van der Waals surface area contributed by atoms with Crippen LogP contribution >= 0.6 is 22.7 Å². The van der Waals surface area contributed by atoms with Crippen LogP contribution in [-0.2, 0) is 0 Å². The minimum atomic E-state index is -0.0946. The van der Waals surface area contributed by atoms with E-state index >= 15 is 0 Å². The van der Waals surface area contributed by atoms with Gasteiger partial charge in [0.1, 0.15) is 4.70 Å². The molecular weight excluding hydrogens is 242 g/mol. The average molecular weight is 249 g/mol. The summed E-state index contributed by atoms with van der Waals surface area (Å²) in [5, 5.41) is 4.56. The Kier molecular flexibility index (Phi) is 2.12. The number of hydrogen-bond donors (Lipinski definition) is 1. The van der Waals surface area contributed by atoms with Gasteiger partial charge in [0, 0.05) is 11.1 Å². The molecule has 16 heavy (non-hydrogen) atoms. The second-order valence-corrected chi connectivity index (χ2v) is 5.12. The van der Waals surface area contributed by atoms with Crippen molar-refractivity contribution in [2.75, 3.05) is 0 Å². The summed E-state index contributed by atoms with van der Waals surface area (Å²) >= 11 is 2.88. The van der Waals surface area contributed by atoms with Crippen LogP contribution in [0.3, 0.4) is 0 Å². The van der Waals surface area contributed by atoms with Crippen molar-refractivity contribution in [1.82, 2.24) is 15.0 Å². The highest BCUT2D eigenvalue weighted by Gasteiger charge is 2.09. The number of nitrogens with one attached hydrogen (secondary N) is 1. The first-order valence-corrected chi connectivity index (χ1v) is 6.40. The number of thiophene rings is 1. The van der Waals surface area contributed by atoms with Crippen molar-refractivity contribution in [3.8, 4) is 10.8 Å². The van der Waals surface area contributed by atoms with Crippen molar-refractivity contribution < 1.29 is 0 Å². The number of fused-ring (bicyclic) bond motifs is 1. The number of hydrogen-bond acceptors (Lipinski definition) is 5. The molecule has 3 aromatic rings. The lowest BCUT2D eigenvalue weighted by atomic mass is 10.4. The van der Waals surface area contributed by atoms with Crippen LogP contribution in [0.5, 0.6) is 0 Å². The fourth-order valence-electron chi connectivity index (χ4n) is 1.44. The first-order valence-electron chi connectivity index (χ1n) is 4.64. The zero-order valence-corrected chi connectivity index (χ0v) is 9.98. The molecule has 0 amide bonds. The van der Waals surface area contributed by atoms with E-state index in [1.54, 1.807) is 0 Å². The number of nitrogens with zero attached hydrogens (tertiary/aromatic N) is 2. The number of thiazole rings is 1. The first-order chi connectivity index (χ1) is 7.74. The highest BCUT2D eigenvalue weighted by Crippen LogP contribution is 2.21. The van der Waals surface area contributed by atoms with Gasteiger partial charge in [0.25, 0.3) is 5.56 Å². The van der Waals surface area contributed by atoms with Crippen LogP contribution in [0.25, 0.3) is 21.0 Å². The van der Waals surface area contributed by atoms with Gasteiger partial charge in [-0.05, 0) is 18.4 Å². The van der Waals surface area contributed by atoms with Crippen LogP contribution in [0.2, 0.25) is 0 Å². The molecule has 0 spiro atoms. The molecule has 3 heterocycles. The zero-order valence-electron chi connectivity index (χ0n) is 8.35. The molecule has 0 aliphatic heterocycles. The van der Waals surface area contributed by atoms with E-state index in [1.807, 2.05) is 23.8 Å². The predicted molar refractivity (Wildman–Crippen MR) is 66.1 cm³/mol. The Hall–Kier alpha value is -1.53. The van der Waals surface area contributed by atoms with Crippen molar-refractivity contribution in [3.05, 3.63) is 32.9 Å². The minimum Gasteiger partial charge on any atom is -0.303 e.